The minimum atomic E-state index is 0.334. The number of hydrogen-bond acceptors (Lipinski definition) is 3. The van der Waals surface area contributed by atoms with Crippen LogP contribution in [0.2, 0.25) is 0 Å². The molecular formula is C8H16N2O. The maximum absolute atomic E-state index is 11.0. The molecule has 1 rings (SSSR count). The average Bonchev–Trinajstić information content (AvgIpc) is 2.04. The van der Waals surface area contributed by atoms with Crippen LogP contribution in [0.1, 0.15) is 19.3 Å². The minimum Gasteiger partial charge on any atom is -0.315 e. The molecule has 0 radical (unpaired) electrons. The first-order chi connectivity index (χ1) is 5.27. The second-order valence-corrected chi connectivity index (χ2v) is 3.07. The summed E-state index contributed by atoms with van der Waals surface area (Å²) in [7, 11) is 3.86. The van der Waals surface area contributed by atoms with Crippen molar-refractivity contribution in [1.29, 1.82) is 0 Å². The van der Waals surface area contributed by atoms with Gasteiger partial charge in [0.15, 0.2) is 0 Å². The van der Waals surface area contributed by atoms with Gasteiger partial charge in [-0.25, -0.2) is 0 Å². The number of carbonyl (C=O) groups is 1. The molecule has 0 amide bonds. The van der Waals surface area contributed by atoms with Crippen LogP contribution in [-0.4, -0.2) is 32.0 Å². The van der Waals surface area contributed by atoms with E-state index in [1.54, 1.807) is 0 Å². The zero-order valence-corrected chi connectivity index (χ0v) is 7.18. The van der Waals surface area contributed by atoms with Gasteiger partial charge in [-0.05, 0) is 20.5 Å². The van der Waals surface area contributed by atoms with E-state index in [0.29, 0.717) is 24.3 Å². The molecular weight excluding hydrogens is 140 g/mol. The van der Waals surface area contributed by atoms with E-state index in [-0.39, 0.29) is 0 Å². The molecule has 0 unspecified atom stereocenters. The molecule has 1 aliphatic carbocycles. The largest absolute Gasteiger partial charge is 0.315 e. The van der Waals surface area contributed by atoms with Gasteiger partial charge in [-0.2, -0.15) is 0 Å². The zero-order chi connectivity index (χ0) is 8.27. The third-order valence-electron chi connectivity index (χ3n) is 2.41. The van der Waals surface area contributed by atoms with Gasteiger partial charge in [0, 0.05) is 24.9 Å². The molecule has 3 heteroatoms. The van der Waals surface area contributed by atoms with Gasteiger partial charge < -0.3 is 10.6 Å². The van der Waals surface area contributed by atoms with Crippen molar-refractivity contribution in [1.82, 2.24) is 10.6 Å². The van der Waals surface area contributed by atoms with Crippen LogP contribution in [0.15, 0.2) is 0 Å². The number of Topliss-reactive ketones (excluding diaryl/α,β-unsaturated/α-hetero) is 1. The number of ketones is 1. The molecule has 0 spiro atoms. The molecule has 2 N–H and O–H groups in total. The number of nitrogens with one attached hydrogen (secondary N) is 2. The molecule has 2 atom stereocenters. The fourth-order valence-electron chi connectivity index (χ4n) is 1.66. The Hall–Kier alpha value is -0.410. The minimum absolute atomic E-state index is 0.334. The lowest BCUT2D eigenvalue weighted by Gasteiger charge is -2.29. The third kappa shape index (κ3) is 2.01. The van der Waals surface area contributed by atoms with Gasteiger partial charge in [-0.15, -0.1) is 0 Å². The van der Waals surface area contributed by atoms with Crippen LogP contribution in [-0.2, 0) is 4.79 Å². The summed E-state index contributed by atoms with van der Waals surface area (Å²) in [5, 5.41) is 6.36. The predicted octanol–water partition coefficient (Wildman–Crippen LogP) is -0.0846. The molecule has 11 heavy (non-hydrogen) atoms. The van der Waals surface area contributed by atoms with Crippen LogP contribution in [0.4, 0.5) is 0 Å². The molecule has 1 fully saturated rings. The van der Waals surface area contributed by atoms with E-state index in [1.165, 1.54) is 0 Å². The summed E-state index contributed by atoms with van der Waals surface area (Å²) < 4.78 is 0. The topological polar surface area (TPSA) is 41.1 Å². The molecule has 64 valence electrons. The van der Waals surface area contributed by atoms with Crippen molar-refractivity contribution in [3.63, 3.8) is 0 Å². The summed E-state index contributed by atoms with van der Waals surface area (Å²) in [6.07, 6.45) is 2.40. The van der Waals surface area contributed by atoms with Crippen LogP contribution in [0.5, 0.6) is 0 Å². The van der Waals surface area contributed by atoms with Gasteiger partial charge in [-0.3, -0.25) is 4.79 Å². The molecule has 0 bridgehead atoms. The first kappa shape index (κ1) is 8.68. The van der Waals surface area contributed by atoms with E-state index in [1.807, 2.05) is 14.1 Å². The summed E-state index contributed by atoms with van der Waals surface area (Å²) in [5.74, 6) is 0.385. The van der Waals surface area contributed by atoms with Crippen LogP contribution >= 0.6 is 0 Å². The van der Waals surface area contributed by atoms with E-state index in [0.717, 1.165) is 12.8 Å². The lowest BCUT2D eigenvalue weighted by molar-refractivity contribution is -0.121. The Balaban J connectivity index is 2.48. The molecule has 0 aliphatic heterocycles. The first-order valence-corrected chi connectivity index (χ1v) is 4.14. The normalized spacial score (nSPS) is 32.4. The maximum atomic E-state index is 11.0. The van der Waals surface area contributed by atoms with Gasteiger partial charge in [0.25, 0.3) is 0 Å². The van der Waals surface area contributed by atoms with E-state index < -0.39 is 0 Å². The molecule has 1 saturated carbocycles. The first-order valence-electron chi connectivity index (χ1n) is 4.14. The highest BCUT2D eigenvalue weighted by atomic mass is 16.1. The van der Waals surface area contributed by atoms with Gasteiger partial charge in [-0.1, -0.05) is 0 Å². The molecule has 0 saturated heterocycles. The Kier molecular flexibility index (Phi) is 3.02. The SMILES string of the molecule is CN[C@H]1CCC(=O)C[C@H]1NC. The van der Waals surface area contributed by atoms with Crippen molar-refractivity contribution >= 4 is 5.78 Å². The zero-order valence-electron chi connectivity index (χ0n) is 7.18. The molecule has 0 aromatic rings. The summed E-state index contributed by atoms with van der Waals surface area (Å²) >= 11 is 0. The van der Waals surface area contributed by atoms with E-state index in [9.17, 15) is 4.79 Å². The fourth-order valence-corrected chi connectivity index (χ4v) is 1.66. The van der Waals surface area contributed by atoms with Gasteiger partial charge in [0.05, 0.1) is 0 Å². The second kappa shape index (κ2) is 3.83. The highest BCUT2D eigenvalue weighted by molar-refractivity contribution is 5.80. The summed E-state index contributed by atoms with van der Waals surface area (Å²) in [6.45, 7) is 0. The molecule has 3 nitrogen and oxygen atoms in total. The van der Waals surface area contributed by atoms with Crippen molar-refractivity contribution in [2.24, 2.45) is 0 Å². The predicted molar refractivity (Wildman–Crippen MR) is 44.6 cm³/mol. The molecule has 0 heterocycles. The lowest BCUT2D eigenvalue weighted by atomic mass is 9.90. The number of rotatable bonds is 2. The molecule has 1 aliphatic rings. The van der Waals surface area contributed by atoms with Crippen molar-refractivity contribution in [2.45, 2.75) is 31.3 Å². The fraction of sp³-hybridized carbons (Fsp3) is 0.875. The van der Waals surface area contributed by atoms with Crippen LogP contribution in [0.3, 0.4) is 0 Å². The Labute approximate surface area is 67.5 Å². The summed E-state index contributed by atoms with van der Waals surface area (Å²) in [6, 6.07) is 0.805. The van der Waals surface area contributed by atoms with Gasteiger partial charge in [0.1, 0.15) is 5.78 Å². The van der Waals surface area contributed by atoms with E-state index in [4.69, 9.17) is 0 Å². The second-order valence-electron chi connectivity index (χ2n) is 3.07. The van der Waals surface area contributed by atoms with E-state index in [2.05, 4.69) is 10.6 Å². The smallest absolute Gasteiger partial charge is 0.134 e. The highest BCUT2D eigenvalue weighted by Crippen LogP contribution is 2.14. The number of hydrogen-bond donors (Lipinski definition) is 2. The standard InChI is InChI=1S/C8H16N2O/c1-9-7-4-3-6(11)5-8(7)10-2/h7-10H,3-5H2,1-2H3/t7-,8+/m0/s1. The van der Waals surface area contributed by atoms with Gasteiger partial charge >= 0.3 is 0 Å². The van der Waals surface area contributed by atoms with Crippen molar-refractivity contribution in [3.8, 4) is 0 Å². The third-order valence-corrected chi connectivity index (χ3v) is 2.41. The van der Waals surface area contributed by atoms with Crippen molar-refractivity contribution < 1.29 is 4.79 Å². The Morgan fingerprint density at radius 3 is 2.45 bits per heavy atom. The monoisotopic (exact) mass is 156 g/mol. The van der Waals surface area contributed by atoms with Crippen LogP contribution in [0.25, 0.3) is 0 Å². The average molecular weight is 156 g/mol. The molecule has 0 aromatic heterocycles. The summed E-state index contributed by atoms with van der Waals surface area (Å²) in [5.41, 5.74) is 0. The van der Waals surface area contributed by atoms with Crippen molar-refractivity contribution in [2.75, 3.05) is 14.1 Å². The Bertz CT molecular complexity index is 147. The number of carbonyl (C=O) groups excluding carboxylic acids is 1. The Morgan fingerprint density at radius 2 is 1.91 bits per heavy atom. The number of likely N-dealkylation sites (N-methyl/N-ethyl adjacent to an activating group) is 2. The van der Waals surface area contributed by atoms with Crippen LogP contribution < -0.4 is 10.6 Å². The Morgan fingerprint density at radius 1 is 1.27 bits per heavy atom. The maximum Gasteiger partial charge on any atom is 0.134 e. The van der Waals surface area contributed by atoms with Gasteiger partial charge in [0.2, 0.25) is 0 Å². The summed E-state index contributed by atoms with van der Waals surface area (Å²) in [4.78, 5) is 11.0. The quantitative estimate of drug-likeness (QED) is 0.587. The molecule has 0 aromatic carbocycles. The lowest BCUT2D eigenvalue weighted by Crippen LogP contribution is -2.49. The van der Waals surface area contributed by atoms with Crippen LogP contribution in [0, 0.1) is 0 Å². The van der Waals surface area contributed by atoms with E-state index >= 15 is 0 Å². The van der Waals surface area contributed by atoms with Crippen molar-refractivity contribution in [3.05, 3.63) is 0 Å². The highest BCUT2D eigenvalue weighted by Gasteiger charge is 2.26.